The predicted molar refractivity (Wildman–Crippen MR) is 71.9 cm³/mol. The van der Waals surface area contributed by atoms with Gasteiger partial charge < -0.3 is 15.0 Å². The molecule has 0 saturated carbocycles. The van der Waals surface area contributed by atoms with Gasteiger partial charge in [-0.15, -0.1) is 0 Å². The Hall–Kier alpha value is -1.29. The predicted octanol–water partition coefficient (Wildman–Crippen LogP) is 2.41. The van der Waals surface area contributed by atoms with Gasteiger partial charge in [-0.25, -0.2) is 4.39 Å². The SMILES string of the molecule is CCCOc1ccc(N2CCCNCC2)c(F)c1. The van der Waals surface area contributed by atoms with Crippen molar-refractivity contribution in [2.45, 2.75) is 19.8 Å². The van der Waals surface area contributed by atoms with Crippen molar-refractivity contribution in [1.82, 2.24) is 5.32 Å². The molecule has 1 aliphatic rings. The van der Waals surface area contributed by atoms with Crippen LogP contribution in [0.3, 0.4) is 0 Å². The molecule has 2 rings (SSSR count). The molecule has 0 spiro atoms. The second-order valence-electron chi connectivity index (χ2n) is 4.55. The van der Waals surface area contributed by atoms with E-state index in [0.717, 1.165) is 39.0 Å². The molecule has 0 aromatic heterocycles. The Morgan fingerprint density at radius 3 is 3.00 bits per heavy atom. The number of nitrogens with zero attached hydrogens (tertiary/aromatic N) is 1. The second kappa shape index (κ2) is 6.59. The first-order valence-electron chi connectivity index (χ1n) is 6.69. The molecule has 1 aromatic carbocycles. The number of hydrogen-bond acceptors (Lipinski definition) is 3. The minimum Gasteiger partial charge on any atom is -0.493 e. The molecule has 1 heterocycles. The molecule has 0 unspecified atom stereocenters. The van der Waals surface area contributed by atoms with Gasteiger partial charge in [0.2, 0.25) is 0 Å². The van der Waals surface area contributed by atoms with Crippen LogP contribution in [0.5, 0.6) is 5.75 Å². The van der Waals surface area contributed by atoms with Crippen LogP contribution in [0.2, 0.25) is 0 Å². The van der Waals surface area contributed by atoms with Gasteiger partial charge in [0.1, 0.15) is 11.6 Å². The average Bonchev–Trinajstić information content (AvgIpc) is 2.65. The van der Waals surface area contributed by atoms with Crippen LogP contribution >= 0.6 is 0 Å². The van der Waals surface area contributed by atoms with Gasteiger partial charge in [0.15, 0.2) is 0 Å². The van der Waals surface area contributed by atoms with Crippen molar-refractivity contribution in [3.8, 4) is 5.75 Å². The van der Waals surface area contributed by atoms with Gasteiger partial charge in [-0.3, -0.25) is 0 Å². The first kappa shape index (κ1) is 13.1. The summed E-state index contributed by atoms with van der Waals surface area (Å²) in [6, 6.07) is 5.17. The highest BCUT2D eigenvalue weighted by molar-refractivity contribution is 5.50. The van der Waals surface area contributed by atoms with Gasteiger partial charge in [-0.05, 0) is 31.5 Å². The van der Waals surface area contributed by atoms with Crippen LogP contribution < -0.4 is 15.0 Å². The van der Waals surface area contributed by atoms with E-state index in [9.17, 15) is 4.39 Å². The van der Waals surface area contributed by atoms with E-state index in [0.29, 0.717) is 18.0 Å². The molecule has 0 amide bonds. The highest BCUT2D eigenvalue weighted by Gasteiger charge is 2.14. The van der Waals surface area contributed by atoms with Crippen molar-refractivity contribution in [2.75, 3.05) is 37.7 Å². The molecule has 1 fully saturated rings. The van der Waals surface area contributed by atoms with E-state index in [1.807, 2.05) is 19.1 Å². The van der Waals surface area contributed by atoms with Crippen LogP contribution in [-0.2, 0) is 0 Å². The minimum atomic E-state index is -0.189. The fourth-order valence-electron chi connectivity index (χ4n) is 2.14. The third kappa shape index (κ3) is 3.35. The fourth-order valence-corrected chi connectivity index (χ4v) is 2.14. The van der Waals surface area contributed by atoms with Crippen molar-refractivity contribution in [3.05, 3.63) is 24.0 Å². The van der Waals surface area contributed by atoms with Crippen molar-refractivity contribution in [2.24, 2.45) is 0 Å². The lowest BCUT2D eigenvalue weighted by molar-refractivity contribution is 0.316. The molecule has 0 aliphatic carbocycles. The molecule has 0 bridgehead atoms. The van der Waals surface area contributed by atoms with Crippen molar-refractivity contribution >= 4 is 5.69 Å². The van der Waals surface area contributed by atoms with Crippen LogP contribution in [0, 0.1) is 5.82 Å². The fraction of sp³-hybridized carbons (Fsp3) is 0.571. The van der Waals surface area contributed by atoms with E-state index >= 15 is 0 Å². The van der Waals surface area contributed by atoms with E-state index < -0.39 is 0 Å². The van der Waals surface area contributed by atoms with Crippen LogP contribution in [0.25, 0.3) is 0 Å². The summed E-state index contributed by atoms with van der Waals surface area (Å²) in [7, 11) is 0. The van der Waals surface area contributed by atoms with Gasteiger partial charge in [0, 0.05) is 25.7 Å². The molecule has 1 saturated heterocycles. The molecule has 100 valence electrons. The molecule has 0 atom stereocenters. The minimum absolute atomic E-state index is 0.189. The number of ether oxygens (including phenoxy) is 1. The maximum Gasteiger partial charge on any atom is 0.150 e. The Morgan fingerprint density at radius 2 is 2.22 bits per heavy atom. The molecule has 1 aliphatic heterocycles. The smallest absolute Gasteiger partial charge is 0.150 e. The largest absolute Gasteiger partial charge is 0.493 e. The first-order valence-corrected chi connectivity index (χ1v) is 6.69. The number of benzene rings is 1. The Labute approximate surface area is 108 Å². The maximum absolute atomic E-state index is 14.1. The van der Waals surface area contributed by atoms with Crippen molar-refractivity contribution in [1.29, 1.82) is 0 Å². The zero-order valence-corrected chi connectivity index (χ0v) is 10.9. The van der Waals surface area contributed by atoms with E-state index in [1.165, 1.54) is 6.07 Å². The Kier molecular flexibility index (Phi) is 4.81. The summed E-state index contributed by atoms with van der Waals surface area (Å²) < 4.78 is 19.5. The molecular weight excluding hydrogens is 231 g/mol. The van der Waals surface area contributed by atoms with Crippen LogP contribution in [0.1, 0.15) is 19.8 Å². The summed E-state index contributed by atoms with van der Waals surface area (Å²) in [5, 5.41) is 3.32. The molecule has 3 nitrogen and oxygen atoms in total. The maximum atomic E-state index is 14.1. The lowest BCUT2D eigenvalue weighted by Crippen LogP contribution is -2.28. The third-order valence-corrected chi connectivity index (χ3v) is 3.07. The third-order valence-electron chi connectivity index (χ3n) is 3.07. The Morgan fingerprint density at radius 1 is 1.33 bits per heavy atom. The Bertz CT molecular complexity index is 376. The lowest BCUT2D eigenvalue weighted by atomic mass is 10.2. The van der Waals surface area contributed by atoms with Crippen LogP contribution in [-0.4, -0.2) is 32.8 Å². The Balaban J connectivity index is 2.08. The summed E-state index contributed by atoms with van der Waals surface area (Å²) >= 11 is 0. The highest BCUT2D eigenvalue weighted by Crippen LogP contribution is 2.24. The highest BCUT2D eigenvalue weighted by atomic mass is 19.1. The number of rotatable bonds is 4. The standard InChI is InChI=1S/C14H21FN2O/c1-2-10-18-12-4-5-14(13(15)11-12)17-8-3-6-16-7-9-17/h4-5,11,16H,2-3,6-10H2,1H3. The lowest BCUT2D eigenvalue weighted by Gasteiger charge is -2.23. The van der Waals surface area contributed by atoms with Crippen molar-refractivity contribution in [3.63, 3.8) is 0 Å². The summed E-state index contributed by atoms with van der Waals surface area (Å²) in [6.45, 7) is 6.34. The average molecular weight is 252 g/mol. The summed E-state index contributed by atoms with van der Waals surface area (Å²) in [5.41, 5.74) is 0.683. The summed E-state index contributed by atoms with van der Waals surface area (Å²) in [4.78, 5) is 2.10. The van der Waals surface area contributed by atoms with Crippen LogP contribution in [0.15, 0.2) is 18.2 Å². The van der Waals surface area contributed by atoms with Crippen molar-refractivity contribution < 1.29 is 9.13 Å². The molecule has 1 aromatic rings. The molecule has 0 radical (unpaired) electrons. The summed E-state index contributed by atoms with van der Waals surface area (Å²) in [5.74, 6) is 0.427. The van der Waals surface area contributed by atoms with Gasteiger partial charge in [0.25, 0.3) is 0 Å². The van der Waals surface area contributed by atoms with E-state index in [2.05, 4.69) is 10.2 Å². The molecule has 1 N–H and O–H groups in total. The van der Waals surface area contributed by atoms with Gasteiger partial charge in [-0.2, -0.15) is 0 Å². The molecule has 4 heteroatoms. The zero-order valence-electron chi connectivity index (χ0n) is 10.9. The quantitative estimate of drug-likeness (QED) is 0.890. The molecular formula is C14H21FN2O. The van der Waals surface area contributed by atoms with E-state index in [1.54, 1.807) is 0 Å². The monoisotopic (exact) mass is 252 g/mol. The number of halogens is 1. The summed E-state index contributed by atoms with van der Waals surface area (Å²) in [6.07, 6.45) is 1.98. The van der Waals surface area contributed by atoms with E-state index in [4.69, 9.17) is 4.74 Å². The molecule has 18 heavy (non-hydrogen) atoms. The normalized spacial score (nSPS) is 16.4. The topological polar surface area (TPSA) is 24.5 Å². The van der Waals surface area contributed by atoms with Gasteiger partial charge in [-0.1, -0.05) is 6.92 Å². The first-order chi connectivity index (χ1) is 8.81. The van der Waals surface area contributed by atoms with E-state index in [-0.39, 0.29) is 5.82 Å². The second-order valence-corrected chi connectivity index (χ2v) is 4.55. The number of nitrogens with one attached hydrogen (secondary N) is 1. The van der Waals surface area contributed by atoms with Gasteiger partial charge >= 0.3 is 0 Å². The number of anilines is 1. The zero-order chi connectivity index (χ0) is 12.8. The number of hydrogen-bond donors (Lipinski definition) is 1. The van der Waals surface area contributed by atoms with Crippen LogP contribution in [0.4, 0.5) is 10.1 Å². The van der Waals surface area contributed by atoms with Gasteiger partial charge in [0.05, 0.1) is 12.3 Å².